The predicted octanol–water partition coefficient (Wildman–Crippen LogP) is 1.52. The van der Waals surface area contributed by atoms with Gasteiger partial charge in [0.1, 0.15) is 5.82 Å². The Hall–Kier alpha value is -1.55. The molecule has 0 aliphatic rings. The summed E-state index contributed by atoms with van der Waals surface area (Å²) in [5.74, 6) is 4.14. The van der Waals surface area contributed by atoms with Gasteiger partial charge in [-0.15, -0.1) is 0 Å². The van der Waals surface area contributed by atoms with Gasteiger partial charge in [-0.2, -0.15) is 0 Å². The highest BCUT2D eigenvalue weighted by molar-refractivity contribution is 7.99. The van der Waals surface area contributed by atoms with E-state index in [1.807, 2.05) is 18.2 Å². The Morgan fingerprint density at radius 1 is 1.33 bits per heavy atom. The van der Waals surface area contributed by atoms with Crippen molar-refractivity contribution in [3.8, 4) is 0 Å². The standard InChI is InChI=1S/C11H12N2OS/c1-15(2,14)9-4-5-10-8(7-9)3-6-11(12)13-10/h3-7H,1H2,2H3,(H2,12,13). The molecule has 15 heavy (non-hydrogen) atoms. The first-order valence-electron chi connectivity index (χ1n) is 4.45. The molecule has 1 aromatic heterocycles. The van der Waals surface area contributed by atoms with Gasteiger partial charge >= 0.3 is 0 Å². The lowest BCUT2D eigenvalue weighted by molar-refractivity contribution is 0.685. The van der Waals surface area contributed by atoms with Crippen molar-refractivity contribution in [2.75, 3.05) is 12.0 Å². The number of nitrogens with zero attached hydrogens (tertiary/aromatic N) is 1. The zero-order valence-corrected chi connectivity index (χ0v) is 9.25. The normalized spacial score (nSPS) is 15.0. The zero-order chi connectivity index (χ0) is 11.1. The van der Waals surface area contributed by atoms with E-state index in [1.54, 1.807) is 18.4 Å². The van der Waals surface area contributed by atoms with Gasteiger partial charge in [-0.3, -0.25) is 4.21 Å². The summed E-state index contributed by atoms with van der Waals surface area (Å²) in [4.78, 5) is 4.90. The molecule has 0 fully saturated rings. The molecule has 1 aromatic carbocycles. The van der Waals surface area contributed by atoms with Crippen LogP contribution in [-0.2, 0) is 9.52 Å². The van der Waals surface area contributed by atoms with Gasteiger partial charge in [-0.1, -0.05) is 0 Å². The van der Waals surface area contributed by atoms with Crippen LogP contribution in [0.15, 0.2) is 35.2 Å². The fraction of sp³-hybridized carbons (Fsp3) is 0.0909. The van der Waals surface area contributed by atoms with Gasteiger partial charge in [0.25, 0.3) is 0 Å². The minimum absolute atomic E-state index is 0.488. The Labute approximate surface area is 88.9 Å². The van der Waals surface area contributed by atoms with Gasteiger partial charge in [0.05, 0.1) is 5.52 Å². The monoisotopic (exact) mass is 220 g/mol. The Morgan fingerprint density at radius 3 is 2.73 bits per heavy atom. The summed E-state index contributed by atoms with van der Waals surface area (Å²) in [7, 11) is -2.16. The molecule has 0 saturated heterocycles. The molecule has 1 unspecified atom stereocenters. The highest BCUT2D eigenvalue weighted by Crippen LogP contribution is 2.18. The number of nitrogen functional groups attached to an aromatic ring is 1. The summed E-state index contributed by atoms with van der Waals surface area (Å²) in [6.45, 7) is 0. The molecule has 0 aliphatic carbocycles. The molecule has 2 aromatic rings. The van der Waals surface area contributed by atoms with Crippen LogP contribution in [0.25, 0.3) is 10.9 Å². The van der Waals surface area contributed by atoms with Gasteiger partial charge in [0.2, 0.25) is 0 Å². The van der Waals surface area contributed by atoms with E-state index in [0.717, 1.165) is 15.8 Å². The molecule has 1 atom stereocenters. The van der Waals surface area contributed by atoms with Crippen molar-refractivity contribution in [2.45, 2.75) is 4.90 Å². The molecule has 0 bridgehead atoms. The highest BCUT2D eigenvalue weighted by atomic mass is 32.2. The second-order valence-corrected chi connectivity index (χ2v) is 6.08. The number of pyridine rings is 1. The van der Waals surface area contributed by atoms with Gasteiger partial charge < -0.3 is 5.73 Å². The van der Waals surface area contributed by atoms with E-state index in [9.17, 15) is 4.21 Å². The molecule has 1 heterocycles. The van der Waals surface area contributed by atoms with E-state index in [1.165, 1.54) is 0 Å². The maximum atomic E-state index is 11.7. The first kappa shape index (κ1) is 9.98. The first-order valence-corrected chi connectivity index (χ1v) is 6.59. The Kier molecular flexibility index (Phi) is 2.16. The van der Waals surface area contributed by atoms with Crippen molar-refractivity contribution < 1.29 is 4.21 Å². The zero-order valence-electron chi connectivity index (χ0n) is 8.43. The second kappa shape index (κ2) is 3.24. The molecular weight excluding hydrogens is 208 g/mol. The molecule has 4 heteroatoms. The number of hydrogen-bond donors (Lipinski definition) is 1. The average Bonchev–Trinajstić information content (AvgIpc) is 2.15. The molecule has 0 amide bonds. The van der Waals surface area contributed by atoms with Gasteiger partial charge in [0, 0.05) is 16.5 Å². The van der Waals surface area contributed by atoms with Crippen molar-refractivity contribution in [1.82, 2.24) is 4.98 Å². The predicted molar refractivity (Wildman–Crippen MR) is 65.6 cm³/mol. The third kappa shape index (κ3) is 1.94. The molecule has 0 saturated carbocycles. The molecule has 3 nitrogen and oxygen atoms in total. The van der Waals surface area contributed by atoms with Crippen LogP contribution < -0.4 is 5.73 Å². The third-order valence-corrected chi connectivity index (χ3v) is 3.43. The topological polar surface area (TPSA) is 56.0 Å². The summed E-state index contributed by atoms with van der Waals surface area (Å²) in [5.41, 5.74) is 6.38. The van der Waals surface area contributed by atoms with Crippen molar-refractivity contribution in [1.29, 1.82) is 0 Å². The summed E-state index contributed by atoms with van der Waals surface area (Å²) >= 11 is 0. The lowest BCUT2D eigenvalue weighted by atomic mass is 10.2. The molecule has 0 spiro atoms. The Balaban J connectivity index is 2.73. The summed E-state index contributed by atoms with van der Waals surface area (Å²) in [6.07, 6.45) is 1.62. The summed E-state index contributed by atoms with van der Waals surface area (Å²) < 4.78 is 11.7. The van der Waals surface area contributed by atoms with Crippen LogP contribution in [0.3, 0.4) is 0 Å². The lowest BCUT2D eigenvalue weighted by Crippen LogP contribution is -1.97. The number of fused-ring (bicyclic) bond motifs is 1. The highest BCUT2D eigenvalue weighted by Gasteiger charge is 2.03. The van der Waals surface area contributed by atoms with Crippen LogP contribution in [0.5, 0.6) is 0 Å². The number of anilines is 1. The summed E-state index contributed by atoms with van der Waals surface area (Å²) in [5, 5.41) is 0.930. The smallest absolute Gasteiger partial charge is 0.124 e. The number of hydrogen-bond acceptors (Lipinski definition) is 3. The number of benzene rings is 1. The van der Waals surface area contributed by atoms with Gasteiger partial charge in [0.15, 0.2) is 0 Å². The fourth-order valence-corrected chi connectivity index (χ4v) is 2.12. The van der Waals surface area contributed by atoms with E-state index in [0.29, 0.717) is 5.82 Å². The number of nitrogens with two attached hydrogens (primary N) is 1. The van der Waals surface area contributed by atoms with E-state index in [4.69, 9.17) is 5.73 Å². The average molecular weight is 220 g/mol. The van der Waals surface area contributed by atoms with Gasteiger partial charge in [-0.05, 0) is 45.7 Å². The maximum absolute atomic E-state index is 11.7. The van der Waals surface area contributed by atoms with Crippen LogP contribution in [-0.4, -0.2) is 21.3 Å². The van der Waals surface area contributed by atoms with Crippen LogP contribution in [0.2, 0.25) is 0 Å². The second-order valence-electron chi connectivity index (χ2n) is 3.60. The minimum atomic E-state index is -2.16. The quantitative estimate of drug-likeness (QED) is 0.741. The van der Waals surface area contributed by atoms with Crippen LogP contribution in [0.4, 0.5) is 5.82 Å². The van der Waals surface area contributed by atoms with E-state index >= 15 is 0 Å². The fourth-order valence-electron chi connectivity index (χ4n) is 1.39. The van der Waals surface area contributed by atoms with E-state index in [2.05, 4.69) is 10.9 Å². The van der Waals surface area contributed by atoms with Crippen LogP contribution >= 0.6 is 0 Å². The summed E-state index contributed by atoms with van der Waals surface area (Å²) in [6, 6.07) is 9.04. The van der Waals surface area contributed by atoms with Crippen molar-refractivity contribution in [3.05, 3.63) is 30.3 Å². The first-order chi connectivity index (χ1) is 6.97. The molecule has 2 rings (SSSR count). The van der Waals surface area contributed by atoms with Crippen LogP contribution in [0.1, 0.15) is 0 Å². The van der Waals surface area contributed by atoms with Crippen molar-refractivity contribution in [2.24, 2.45) is 0 Å². The Bertz CT molecular complexity index is 618. The van der Waals surface area contributed by atoms with Crippen LogP contribution in [0, 0.1) is 0 Å². The van der Waals surface area contributed by atoms with E-state index in [-0.39, 0.29) is 0 Å². The number of aromatic nitrogens is 1. The van der Waals surface area contributed by atoms with E-state index < -0.39 is 9.52 Å². The molecule has 2 N–H and O–H groups in total. The van der Waals surface area contributed by atoms with Gasteiger partial charge in [-0.25, -0.2) is 4.98 Å². The van der Waals surface area contributed by atoms with Crippen molar-refractivity contribution >= 4 is 32.1 Å². The molecule has 78 valence electrons. The Morgan fingerprint density at radius 2 is 2.07 bits per heavy atom. The van der Waals surface area contributed by atoms with Crippen molar-refractivity contribution in [3.63, 3.8) is 0 Å². The number of rotatable bonds is 1. The lowest BCUT2D eigenvalue weighted by Gasteiger charge is -2.04. The largest absolute Gasteiger partial charge is 0.384 e. The molecular formula is C11H12N2OS. The third-order valence-electron chi connectivity index (χ3n) is 2.18. The minimum Gasteiger partial charge on any atom is -0.384 e. The molecule has 0 radical (unpaired) electrons. The maximum Gasteiger partial charge on any atom is 0.124 e. The molecule has 0 aliphatic heterocycles. The SMILES string of the molecule is C=S(C)(=O)c1ccc2nc(N)ccc2c1.